The molecule has 0 aliphatic carbocycles. The molecule has 1 rings (SSSR count). The minimum Gasteiger partial charge on any atom is -0.383 e. The lowest BCUT2D eigenvalue weighted by Crippen LogP contribution is -1.98. The Morgan fingerprint density at radius 3 is 2.92 bits per heavy atom. The molecule has 4 heteroatoms. The maximum atomic E-state index is 5.79. The number of rotatable bonds is 2. The van der Waals surface area contributed by atoms with E-state index in [1.165, 1.54) is 0 Å². The van der Waals surface area contributed by atoms with Gasteiger partial charge in [0, 0.05) is 17.0 Å². The van der Waals surface area contributed by atoms with E-state index >= 15 is 0 Å². The minimum atomic E-state index is 0.344. The summed E-state index contributed by atoms with van der Waals surface area (Å²) in [5.41, 5.74) is 6.69. The molecule has 12 heavy (non-hydrogen) atoms. The molecule has 0 aliphatic heterocycles. The van der Waals surface area contributed by atoms with Gasteiger partial charge in [-0.05, 0) is 19.2 Å². The second-order valence-corrected chi connectivity index (χ2v) is 4.12. The average molecular weight is 203 g/mol. The van der Waals surface area contributed by atoms with E-state index in [0.717, 1.165) is 5.56 Å². The molecule has 0 saturated heterocycles. The third-order valence-electron chi connectivity index (χ3n) is 1.71. The van der Waals surface area contributed by atoms with Crippen LogP contribution in [0.1, 0.15) is 17.7 Å². The van der Waals surface area contributed by atoms with Gasteiger partial charge in [-0.25, -0.2) is 4.98 Å². The maximum absolute atomic E-state index is 5.79. The summed E-state index contributed by atoms with van der Waals surface area (Å²) in [6.45, 7) is 2.08. The largest absolute Gasteiger partial charge is 0.383 e. The molecular weight excluding hydrogens is 192 g/mol. The van der Waals surface area contributed by atoms with Crippen LogP contribution in [-0.4, -0.2) is 11.2 Å². The zero-order chi connectivity index (χ0) is 9.14. The Balaban J connectivity index is 3.04. The number of nitrogens with zero attached hydrogens (tertiary/aromatic N) is 1. The molecule has 66 valence electrons. The van der Waals surface area contributed by atoms with Crippen molar-refractivity contribution in [1.29, 1.82) is 0 Å². The predicted octanol–water partition coefficient (Wildman–Crippen LogP) is 2.74. The van der Waals surface area contributed by atoms with Crippen LogP contribution in [0, 0.1) is 0 Å². The lowest BCUT2D eigenvalue weighted by Gasteiger charge is -2.10. The fourth-order valence-electron chi connectivity index (χ4n) is 0.918. The molecule has 2 nitrogen and oxygen atoms in total. The quantitative estimate of drug-likeness (QED) is 0.802. The van der Waals surface area contributed by atoms with E-state index in [4.69, 9.17) is 17.3 Å². The highest BCUT2D eigenvalue weighted by Gasteiger charge is 2.08. The zero-order valence-electron chi connectivity index (χ0n) is 7.04. The van der Waals surface area contributed by atoms with Crippen LogP contribution in [-0.2, 0) is 0 Å². The molecule has 0 amide bonds. The summed E-state index contributed by atoms with van der Waals surface area (Å²) in [5, 5.41) is 0.983. The number of aromatic nitrogens is 1. The van der Waals surface area contributed by atoms with Crippen LogP contribution in [0.5, 0.6) is 0 Å². The van der Waals surface area contributed by atoms with E-state index in [-0.39, 0.29) is 0 Å². The van der Waals surface area contributed by atoms with Gasteiger partial charge in [-0.1, -0.05) is 11.6 Å². The molecule has 1 heterocycles. The van der Waals surface area contributed by atoms with E-state index in [1.807, 2.05) is 12.3 Å². The number of hydrogen-bond donors (Lipinski definition) is 1. The molecule has 0 spiro atoms. The Labute approximate surface area is 81.5 Å². The van der Waals surface area contributed by atoms with Gasteiger partial charge in [0.25, 0.3) is 0 Å². The van der Waals surface area contributed by atoms with Crippen molar-refractivity contribution >= 4 is 29.2 Å². The molecule has 0 aromatic carbocycles. The van der Waals surface area contributed by atoms with Crippen molar-refractivity contribution in [3.05, 3.63) is 22.8 Å². The van der Waals surface area contributed by atoms with Gasteiger partial charge in [-0.2, -0.15) is 11.8 Å². The van der Waals surface area contributed by atoms with Crippen molar-refractivity contribution in [3.8, 4) is 0 Å². The van der Waals surface area contributed by atoms with Crippen LogP contribution in [0.4, 0.5) is 5.82 Å². The molecule has 1 atom stereocenters. The van der Waals surface area contributed by atoms with Gasteiger partial charge in [0.05, 0.1) is 5.02 Å². The Bertz CT molecular complexity index is 278. The van der Waals surface area contributed by atoms with Gasteiger partial charge in [-0.3, -0.25) is 0 Å². The van der Waals surface area contributed by atoms with Gasteiger partial charge >= 0.3 is 0 Å². The van der Waals surface area contributed by atoms with Crippen molar-refractivity contribution in [3.63, 3.8) is 0 Å². The first-order valence-electron chi connectivity index (χ1n) is 3.59. The van der Waals surface area contributed by atoms with Crippen LogP contribution >= 0.6 is 23.4 Å². The topological polar surface area (TPSA) is 38.9 Å². The highest BCUT2D eigenvalue weighted by atomic mass is 35.5. The SMILES string of the molecule is CSC(C)c1cc(Cl)cnc1N. The number of hydrogen-bond acceptors (Lipinski definition) is 3. The lowest BCUT2D eigenvalue weighted by atomic mass is 10.2. The van der Waals surface area contributed by atoms with Gasteiger partial charge in [-0.15, -0.1) is 0 Å². The number of halogens is 1. The van der Waals surface area contributed by atoms with Gasteiger partial charge in [0.15, 0.2) is 0 Å². The summed E-state index contributed by atoms with van der Waals surface area (Å²) >= 11 is 7.51. The second-order valence-electron chi connectivity index (χ2n) is 2.51. The van der Waals surface area contributed by atoms with E-state index in [9.17, 15) is 0 Å². The highest BCUT2D eigenvalue weighted by molar-refractivity contribution is 7.98. The standard InChI is InChI=1S/C8H11ClN2S/c1-5(12-2)7-3-6(9)4-11-8(7)10/h3-5H,1-2H3,(H2,10,11). The molecule has 1 aromatic rings. The lowest BCUT2D eigenvalue weighted by molar-refractivity contribution is 1.08. The van der Waals surface area contributed by atoms with Crippen LogP contribution in [0.15, 0.2) is 12.3 Å². The molecule has 0 saturated carbocycles. The smallest absolute Gasteiger partial charge is 0.127 e. The second kappa shape index (κ2) is 4.01. The van der Waals surface area contributed by atoms with Gasteiger partial charge in [0.1, 0.15) is 5.82 Å². The Morgan fingerprint density at radius 2 is 2.33 bits per heavy atom. The number of thioether (sulfide) groups is 1. The van der Waals surface area contributed by atoms with Crippen molar-refractivity contribution in [2.45, 2.75) is 12.2 Å². The van der Waals surface area contributed by atoms with E-state index < -0.39 is 0 Å². The zero-order valence-corrected chi connectivity index (χ0v) is 8.62. The van der Waals surface area contributed by atoms with Crippen LogP contribution < -0.4 is 5.73 Å². The molecule has 0 aliphatic rings. The van der Waals surface area contributed by atoms with Gasteiger partial charge in [0.2, 0.25) is 0 Å². The summed E-state index contributed by atoms with van der Waals surface area (Å²) in [6.07, 6.45) is 3.60. The summed E-state index contributed by atoms with van der Waals surface area (Å²) in [6, 6.07) is 1.87. The van der Waals surface area contributed by atoms with Crippen molar-refractivity contribution < 1.29 is 0 Å². The molecule has 1 aromatic heterocycles. The van der Waals surface area contributed by atoms with E-state index in [2.05, 4.69) is 11.9 Å². The van der Waals surface area contributed by atoms with Crippen molar-refractivity contribution in [1.82, 2.24) is 4.98 Å². The van der Waals surface area contributed by atoms with E-state index in [0.29, 0.717) is 16.1 Å². The van der Waals surface area contributed by atoms with Crippen LogP contribution in [0.25, 0.3) is 0 Å². The van der Waals surface area contributed by atoms with Crippen molar-refractivity contribution in [2.24, 2.45) is 0 Å². The molecule has 1 unspecified atom stereocenters. The molecule has 0 fully saturated rings. The first-order valence-corrected chi connectivity index (χ1v) is 5.25. The number of pyridine rings is 1. The van der Waals surface area contributed by atoms with Crippen molar-refractivity contribution in [2.75, 3.05) is 12.0 Å². The Kier molecular flexibility index (Phi) is 3.23. The number of anilines is 1. The normalized spacial score (nSPS) is 12.9. The first-order chi connectivity index (χ1) is 5.65. The number of nitrogen functional groups attached to an aromatic ring is 1. The molecule has 0 radical (unpaired) electrons. The van der Waals surface area contributed by atoms with Crippen LogP contribution in [0.3, 0.4) is 0 Å². The highest BCUT2D eigenvalue weighted by Crippen LogP contribution is 2.30. The molecular formula is C8H11ClN2S. The van der Waals surface area contributed by atoms with Gasteiger partial charge < -0.3 is 5.73 Å². The molecule has 2 N–H and O–H groups in total. The fraction of sp³-hybridized carbons (Fsp3) is 0.375. The van der Waals surface area contributed by atoms with E-state index in [1.54, 1.807) is 18.0 Å². The third kappa shape index (κ3) is 2.05. The summed E-state index contributed by atoms with van der Waals surface area (Å²) in [5.74, 6) is 0.571. The third-order valence-corrected chi connectivity index (χ3v) is 2.88. The summed E-state index contributed by atoms with van der Waals surface area (Å²) < 4.78 is 0. The summed E-state index contributed by atoms with van der Waals surface area (Å²) in [4.78, 5) is 3.98. The fourth-order valence-corrected chi connectivity index (χ4v) is 1.53. The summed E-state index contributed by atoms with van der Waals surface area (Å²) in [7, 11) is 0. The predicted molar refractivity (Wildman–Crippen MR) is 55.6 cm³/mol. The monoisotopic (exact) mass is 202 g/mol. The van der Waals surface area contributed by atoms with Crippen LogP contribution in [0.2, 0.25) is 5.02 Å². The first kappa shape index (κ1) is 9.68. The maximum Gasteiger partial charge on any atom is 0.127 e. The minimum absolute atomic E-state index is 0.344. The average Bonchev–Trinajstić information content (AvgIpc) is 2.08. The Hall–Kier alpha value is -0.410. The Morgan fingerprint density at radius 1 is 1.67 bits per heavy atom. The number of nitrogens with two attached hydrogens (primary N) is 1. The molecule has 0 bridgehead atoms.